The lowest BCUT2D eigenvalue weighted by atomic mass is 10.2. The van der Waals surface area contributed by atoms with E-state index in [-0.39, 0.29) is 11.7 Å². The van der Waals surface area contributed by atoms with Gasteiger partial charge in [0.2, 0.25) is 5.91 Å². The molecule has 1 aromatic heterocycles. The van der Waals surface area contributed by atoms with Gasteiger partial charge in [0.05, 0.1) is 18.4 Å². The van der Waals surface area contributed by atoms with E-state index in [0.29, 0.717) is 22.4 Å². The molecule has 0 radical (unpaired) electrons. The molecule has 0 aliphatic carbocycles. The fraction of sp³-hybridized carbons (Fsp3) is 0.118. The van der Waals surface area contributed by atoms with Crippen LogP contribution < -0.4 is 10.1 Å². The van der Waals surface area contributed by atoms with Crippen molar-refractivity contribution in [1.29, 1.82) is 0 Å². The third-order valence-electron chi connectivity index (χ3n) is 3.18. The van der Waals surface area contributed by atoms with Crippen molar-refractivity contribution in [2.75, 3.05) is 18.2 Å². The van der Waals surface area contributed by atoms with Crippen LogP contribution in [0, 0.1) is 3.57 Å². The van der Waals surface area contributed by atoms with E-state index >= 15 is 0 Å². The van der Waals surface area contributed by atoms with Gasteiger partial charge >= 0.3 is 0 Å². The van der Waals surface area contributed by atoms with Gasteiger partial charge in [0.1, 0.15) is 5.75 Å². The van der Waals surface area contributed by atoms with Crippen LogP contribution in [0.3, 0.4) is 0 Å². The number of para-hydroxylation sites is 1. The SMILES string of the molecule is COc1ccccc1-c1nnc(SCC(=O)Nc2cccc(I)c2)o1. The predicted molar refractivity (Wildman–Crippen MR) is 105 cm³/mol. The smallest absolute Gasteiger partial charge is 0.277 e. The zero-order valence-corrected chi connectivity index (χ0v) is 16.2. The standard InChI is InChI=1S/C17H14IN3O3S/c1-23-14-8-3-2-7-13(14)16-20-21-17(24-16)25-10-15(22)19-12-6-4-5-11(18)9-12/h2-9H,10H2,1H3,(H,19,22). The highest BCUT2D eigenvalue weighted by atomic mass is 127. The van der Waals surface area contributed by atoms with Crippen molar-refractivity contribution in [2.24, 2.45) is 0 Å². The molecule has 0 aliphatic heterocycles. The van der Waals surface area contributed by atoms with Crippen molar-refractivity contribution < 1.29 is 13.9 Å². The zero-order valence-electron chi connectivity index (χ0n) is 13.2. The largest absolute Gasteiger partial charge is 0.496 e. The first-order valence-electron chi connectivity index (χ1n) is 7.31. The van der Waals surface area contributed by atoms with Crippen LogP contribution >= 0.6 is 34.4 Å². The number of benzene rings is 2. The summed E-state index contributed by atoms with van der Waals surface area (Å²) >= 11 is 3.38. The number of hydrogen-bond acceptors (Lipinski definition) is 6. The molecule has 1 N–H and O–H groups in total. The van der Waals surface area contributed by atoms with Gasteiger partial charge in [-0.15, -0.1) is 10.2 Å². The number of carbonyl (C=O) groups excluding carboxylic acids is 1. The molecule has 0 saturated heterocycles. The minimum Gasteiger partial charge on any atom is -0.496 e. The minimum absolute atomic E-state index is 0.135. The van der Waals surface area contributed by atoms with Gasteiger partial charge < -0.3 is 14.5 Å². The van der Waals surface area contributed by atoms with Crippen LogP contribution in [-0.4, -0.2) is 29.0 Å². The van der Waals surface area contributed by atoms with Crippen molar-refractivity contribution >= 4 is 45.9 Å². The van der Waals surface area contributed by atoms with Crippen molar-refractivity contribution in [2.45, 2.75) is 5.22 Å². The Morgan fingerprint density at radius 1 is 1.24 bits per heavy atom. The summed E-state index contributed by atoms with van der Waals surface area (Å²) in [6, 6.07) is 15.0. The van der Waals surface area contributed by atoms with Crippen LogP contribution in [0.15, 0.2) is 58.2 Å². The Kier molecular flexibility index (Phi) is 5.92. The lowest BCUT2D eigenvalue weighted by molar-refractivity contribution is -0.113. The molecule has 128 valence electrons. The highest BCUT2D eigenvalue weighted by Crippen LogP contribution is 2.30. The summed E-state index contributed by atoms with van der Waals surface area (Å²) in [4.78, 5) is 12.0. The first kappa shape index (κ1) is 17.7. The van der Waals surface area contributed by atoms with Crippen LogP contribution in [0.4, 0.5) is 5.69 Å². The molecule has 8 heteroatoms. The van der Waals surface area contributed by atoms with E-state index in [1.54, 1.807) is 7.11 Å². The average molecular weight is 467 g/mol. The second-order valence-corrected chi connectivity index (χ2v) is 7.09. The topological polar surface area (TPSA) is 77.2 Å². The molecule has 0 bridgehead atoms. The van der Waals surface area contributed by atoms with Gasteiger partial charge in [0.25, 0.3) is 11.1 Å². The first-order valence-corrected chi connectivity index (χ1v) is 9.37. The zero-order chi connectivity index (χ0) is 17.6. The van der Waals surface area contributed by atoms with E-state index in [1.165, 1.54) is 11.8 Å². The Bertz CT molecular complexity index is 885. The lowest BCUT2D eigenvalue weighted by Gasteiger charge is -2.04. The predicted octanol–water partition coefficient (Wildman–Crippen LogP) is 4.08. The molecule has 0 unspecified atom stereocenters. The fourth-order valence-corrected chi connectivity index (χ4v) is 3.20. The van der Waals surface area contributed by atoms with Gasteiger partial charge in [-0.1, -0.05) is 30.0 Å². The van der Waals surface area contributed by atoms with Crippen molar-refractivity contribution in [3.05, 3.63) is 52.1 Å². The molecule has 0 aliphatic rings. The second kappa shape index (κ2) is 8.34. The molecule has 1 heterocycles. The molecule has 0 fully saturated rings. The fourth-order valence-electron chi connectivity index (χ4n) is 2.09. The van der Waals surface area contributed by atoms with Crippen LogP contribution in [0.25, 0.3) is 11.5 Å². The van der Waals surface area contributed by atoms with Gasteiger partial charge in [0, 0.05) is 9.26 Å². The molecule has 3 aromatic rings. The third-order valence-corrected chi connectivity index (χ3v) is 4.67. The number of halogens is 1. The number of ether oxygens (including phenoxy) is 1. The van der Waals surface area contributed by atoms with Crippen LogP contribution in [-0.2, 0) is 4.79 Å². The number of thioether (sulfide) groups is 1. The van der Waals surface area contributed by atoms with E-state index in [9.17, 15) is 4.79 Å². The molecule has 6 nitrogen and oxygen atoms in total. The average Bonchev–Trinajstić information content (AvgIpc) is 3.09. The molecule has 0 saturated carbocycles. The molecule has 0 atom stereocenters. The Morgan fingerprint density at radius 3 is 2.88 bits per heavy atom. The maximum absolute atomic E-state index is 12.0. The first-order chi connectivity index (χ1) is 12.2. The van der Waals surface area contributed by atoms with E-state index in [4.69, 9.17) is 9.15 Å². The van der Waals surface area contributed by atoms with E-state index < -0.39 is 0 Å². The van der Waals surface area contributed by atoms with Crippen LogP contribution in [0.2, 0.25) is 0 Å². The number of hydrogen-bond donors (Lipinski definition) is 1. The van der Waals surface area contributed by atoms with E-state index in [1.807, 2.05) is 48.5 Å². The number of methoxy groups -OCH3 is 1. The monoisotopic (exact) mass is 467 g/mol. The lowest BCUT2D eigenvalue weighted by Crippen LogP contribution is -2.13. The Labute approximate surface area is 162 Å². The summed E-state index contributed by atoms with van der Waals surface area (Å²) in [6.45, 7) is 0. The van der Waals surface area contributed by atoms with Crippen LogP contribution in [0.1, 0.15) is 0 Å². The van der Waals surface area contributed by atoms with Gasteiger partial charge in [-0.05, 0) is 52.9 Å². The Hall–Kier alpha value is -2.07. The number of aromatic nitrogens is 2. The number of amides is 1. The molecule has 3 rings (SSSR count). The number of carbonyl (C=O) groups is 1. The summed E-state index contributed by atoms with van der Waals surface area (Å²) in [5.41, 5.74) is 1.48. The molecule has 0 spiro atoms. The Morgan fingerprint density at radius 2 is 2.08 bits per heavy atom. The van der Waals surface area contributed by atoms with Crippen molar-refractivity contribution in [3.8, 4) is 17.2 Å². The molecule has 2 aromatic carbocycles. The van der Waals surface area contributed by atoms with Gasteiger partial charge in [-0.3, -0.25) is 4.79 Å². The van der Waals surface area contributed by atoms with Crippen molar-refractivity contribution in [3.63, 3.8) is 0 Å². The number of nitrogens with one attached hydrogen (secondary N) is 1. The summed E-state index contributed by atoms with van der Waals surface area (Å²) in [5.74, 6) is 1.06. The third kappa shape index (κ3) is 4.73. The van der Waals surface area contributed by atoms with Crippen LogP contribution in [0.5, 0.6) is 5.75 Å². The van der Waals surface area contributed by atoms with E-state index in [2.05, 4.69) is 38.1 Å². The minimum atomic E-state index is -0.135. The maximum Gasteiger partial charge on any atom is 0.277 e. The summed E-state index contributed by atoms with van der Waals surface area (Å²) in [6.07, 6.45) is 0. The molecular weight excluding hydrogens is 453 g/mol. The van der Waals surface area contributed by atoms with Crippen molar-refractivity contribution in [1.82, 2.24) is 10.2 Å². The molecule has 1 amide bonds. The maximum atomic E-state index is 12.0. The summed E-state index contributed by atoms with van der Waals surface area (Å²) in [5, 5.41) is 11.2. The molecule has 25 heavy (non-hydrogen) atoms. The number of nitrogens with zero attached hydrogens (tertiary/aromatic N) is 2. The second-order valence-electron chi connectivity index (χ2n) is 4.92. The number of rotatable bonds is 6. The highest BCUT2D eigenvalue weighted by Gasteiger charge is 2.14. The quantitative estimate of drug-likeness (QED) is 0.435. The number of anilines is 1. The summed E-state index contributed by atoms with van der Waals surface area (Å²) in [7, 11) is 1.58. The van der Waals surface area contributed by atoms with Gasteiger partial charge in [-0.2, -0.15) is 0 Å². The normalized spacial score (nSPS) is 10.5. The van der Waals surface area contributed by atoms with Gasteiger partial charge in [-0.25, -0.2) is 0 Å². The summed E-state index contributed by atoms with van der Waals surface area (Å²) < 4.78 is 12.0. The highest BCUT2D eigenvalue weighted by molar-refractivity contribution is 14.1. The van der Waals surface area contributed by atoms with Gasteiger partial charge in [0.15, 0.2) is 0 Å². The van der Waals surface area contributed by atoms with E-state index in [0.717, 1.165) is 9.26 Å². The molecular formula is C17H14IN3O3S. The Balaban J connectivity index is 1.61.